The summed E-state index contributed by atoms with van der Waals surface area (Å²) >= 11 is 0. The molecule has 1 atom stereocenters. The summed E-state index contributed by atoms with van der Waals surface area (Å²) in [6.45, 7) is 2.75. The van der Waals surface area contributed by atoms with Gasteiger partial charge in [-0.15, -0.1) is 0 Å². The average molecular weight is 262 g/mol. The first-order valence-corrected chi connectivity index (χ1v) is 6.26. The molecule has 19 heavy (non-hydrogen) atoms. The molecule has 2 aromatic rings. The van der Waals surface area contributed by atoms with Crippen LogP contribution in [-0.2, 0) is 19.4 Å². The second kappa shape index (κ2) is 6.29. The molecule has 2 aromatic heterocycles. The first kappa shape index (κ1) is 13.5. The largest absolute Gasteiger partial charge is 0.481 e. The Labute approximate surface area is 112 Å². The third-order valence-corrected chi connectivity index (χ3v) is 2.89. The predicted molar refractivity (Wildman–Crippen MR) is 69.9 cm³/mol. The fourth-order valence-corrected chi connectivity index (χ4v) is 1.92. The second-order valence-electron chi connectivity index (χ2n) is 4.26. The van der Waals surface area contributed by atoms with Crippen LogP contribution < -0.4 is 4.74 Å². The van der Waals surface area contributed by atoms with Crippen molar-refractivity contribution in [2.75, 3.05) is 7.11 Å². The monoisotopic (exact) mass is 262 g/mol. The van der Waals surface area contributed by atoms with Gasteiger partial charge in [0.15, 0.2) is 0 Å². The summed E-state index contributed by atoms with van der Waals surface area (Å²) in [5, 5.41) is 14.2. The Hall–Kier alpha value is -1.95. The SMILES string of the molecule is CCn1ncnc1CC(O)Cc1ccc(OC)nc1. The molecule has 0 aliphatic carbocycles. The lowest BCUT2D eigenvalue weighted by Crippen LogP contribution is -2.17. The van der Waals surface area contributed by atoms with Gasteiger partial charge in [-0.3, -0.25) is 4.68 Å². The first-order valence-electron chi connectivity index (χ1n) is 6.26. The van der Waals surface area contributed by atoms with Gasteiger partial charge in [0.25, 0.3) is 0 Å². The standard InChI is InChI=1S/C13H18N4O2/c1-3-17-12(15-9-16-17)7-11(18)6-10-4-5-13(19-2)14-8-10/h4-5,8-9,11,18H,3,6-7H2,1-2H3. The Bertz CT molecular complexity index is 510. The van der Waals surface area contributed by atoms with Gasteiger partial charge in [0, 0.05) is 31.6 Å². The molecule has 0 saturated carbocycles. The van der Waals surface area contributed by atoms with Crippen molar-refractivity contribution in [3.8, 4) is 5.88 Å². The Morgan fingerprint density at radius 2 is 2.16 bits per heavy atom. The van der Waals surface area contributed by atoms with Crippen LogP contribution in [0.25, 0.3) is 0 Å². The van der Waals surface area contributed by atoms with Gasteiger partial charge >= 0.3 is 0 Å². The number of aliphatic hydroxyl groups is 1. The smallest absolute Gasteiger partial charge is 0.212 e. The molecule has 0 saturated heterocycles. The van der Waals surface area contributed by atoms with E-state index in [1.807, 2.05) is 13.0 Å². The van der Waals surface area contributed by atoms with E-state index in [9.17, 15) is 5.11 Å². The summed E-state index contributed by atoms with van der Waals surface area (Å²) in [4.78, 5) is 8.27. The number of rotatable bonds is 6. The van der Waals surface area contributed by atoms with Crippen molar-refractivity contribution < 1.29 is 9.84 Å². The van der Waals surface area contributed by atoms with E-state index in [4.69, 9.17) is 4.74 Å². The molecule has 0 bridgehead atoms. The molecular weight excluding hydrogens is 244 g/mol. The third-order valence-electron chi connectivity index (χ3n) is 2.89. The van der Waals surface area contributed by atoms with E-state index in [2.05, 4.69) is 15.1 Å². The number of hydrogen-bond acceptors (Lipinski definition) is 5. The fourth-order valence-electron chi connectivity index (χ4n) is 1.92. The average Bonchev–Trinajstić information content (AvgIpc) is 2.86. The van der Waals surface area contributed by atoms with E-state index in [0.29, 0.717) is 18.7 Å². The highest BCUT2D eigenvalue weighted by Crippen LogP contribution is 2.10. The lowest BCUT2D eigenvalue weighted by molar-refractivity contribution is 0.171. The molecule has 0 amide bonds. The second-order valence-corrected chi connectivity index (χ2v) is 4.26. The van der Waals surface area contributed by atoms with E-state index in [-0.39, 0.29) is 0 Å². The van der Waals surface area contributed by atoms with E-state index < -0.39 is 6.10 Å². The van der Waals surface area contributed by atoms with Crippen LogP contribution in [0.1, 0.15) is 18.3 Å². The zero-order valence-electron chi connectivity index (χ0n) is 11.2. The van der Waals surface area contributed by atoms with Crippen molar-refractivity contribution in [1.82, 2.24) is 19.7 Å². The van der Waals surface area contributed by atoms with Crippen molar-refractivity contribution in [3.05, 3.63) is 36.0 Å². The van der Waals surface area contributed by atoms with Gasteiger partial charge in [0.05, 0.1) is 13.2 Å². The molecule has 0 spiro atoms. The molecule has 2 heterocycles. The Morgan fingerprint density at radius 1 is 1.32 bits per heavy atom. The maximum atomic E-state index is 10.1. The van der Waals surface area contributed by atoms with Crippen molar-refractivity contribution in [2.45, 2.75) is 32.4 Å². The van der Waals surface area contributed by atoms with E-state index >= 15 is 0 Å². The normalized spacial score (nSPS) is 12.4. The first-order chi connectivity index (χ1) is 9.22. The summed E-state index contributed by atoms with van der Waals surface area (Å²) < 4.78 is 6.78. The summed E-state index contributed by atoms with van der Waals surface area (Å²) in [5.41, 5.74) is 0.968. The van der Waals surface area contributed by atoms with Crippen LogP contribution in [0, 0.1) is 0 Å². The van der Waals surface area contributed by atoms with E-state index in [0.717, 1.165) is 17.9 Å². The molecule has 0 radical (unpaired) electrons. The van der Waals surface area contributed by atoms with Crippen LogP contribution in [0.2, 0.25) is 0 Å². The highest BCUT2D eigenvalue weighted by atomic mass is 16.5. The van der Waals surface area contributed by atoms with E-state index in [1.165, 1.54) is 6.33 Å². The molecule has 6 heteroatoms. The summed E-state index contributed by atoms with van der Waals surface area (Å²) in [6, 6.07) is 3.69. The minimum atomic E-state index is -0.496. The number of aryl methyl sites for hydroxylation is 1. The lowest BCUT2D eigenvalue weighted by Gasteiger charge is -2.10. The number of aliphatic hydroxyl groups excluding tert-OH is 1. The van der Waals surface area contributed by atoms with E-state index in [1.54, 1.807) is 24.1 Å². The molecule has 102 valence electrons. The van der Waals surface area contributed by atoms with Gasteiger partial charge in [-0.25, -0.2) is 9.97 Å². The van der Waals surface area contributed by atoms with Crippen LogP contribution >= 0.6 is 0 Å². The molecule has 0 fully saturated rings. The summed E-state index contributed by atoms with van der Waals surface area (Å²) in [5.74, 6) is 1.38. The Kier molecular flexibility index (Phi) is 4.46. The molecule has 0 aromatic carbocycles. The minimum absolute atomic E-state index is 0.486. The maximum Gasteiger partial charge on any atom is 0.212 e. The van der Waals surface area contributed by atoms with Crippen molar-refractivity contribution >= 4 is 0 Å². The maximum absolute atomic E-state index is 10.1. The zero-order valence-corrected chi connectivity index (χ0v) is 11.2. The van der Waals surface area contributed by atoms with Crippen LogP contribution in [0.5, 0.6) is 5.88 Å². The van der Waals surface area contributed by atoms with Crippen LogP contribution in [-0.4, -0.2) is 38.1 Å². The Balaban J connectivity index is 1.95. The third kappa shape index (κ3) is 3.51. The van der Waals surface area contributed by atoms with Crippen molar-refractivity contribution in [2.24, 2.45) is 0 Å². The van der Waals surface area contributed by atoms with Gasteiger partial charge in [0.1, 0.15) is 12.2 Å². The number of aromatic nitrogens is 4. The predicted octanol–water partition coefficient (Wildman–Crippen LogP) is 0.848. The van der Waals surface area contributed by atoms with Crippen LogP contribution in [0.3, 0.4) is 0 Å². The minimum Gasteiger partial charge on any atom is -0.481 e. The van der Waals surface area contributed by atoms with Gasteiger partial charge in [0.2, 0.25) is 5.88 Å². The molecule has 0 aliphatic rings. The quantitative estimate of drug-likeness (QED) is 0.835. The molecule has 2 rings (SSSR count). The lowest BCUT2D eigenvalue weighted by atomic mass is 10.1. The highest BCUT2D eigenvalue weighted by Gasteiger charge is 2.11. The molecule has 0 aliphatic heterocycles. The molecule has 1 unspecified atom stereocenters. The number of pyridine rings is 1. The summed E-state index contributed by atoms with van der Waals surface area (Å²) in [6.07, 6.45) is 3.75. The fraction of sp³-hybridized carbons (Fsp3) is 0.462. The molecular formula is C13H18N4O2. The summed E-state index contributed by atoms with van der Waals surface area (Å²) in [7, 11) is 1.58. The number of ether oxygens (including phenoxy) is 1. The molecule has 6 nitrogen and oxygen atoms in total. The number of methoxy groups -OCH3 is 1. The zero-order chi connectivity index (χ0) is 13.7. The van der Waals surface area contributed by atoms with Crippen LogP contribution in [0.15, 0.2) is 24.7 Å². The Morgan fingerprint density at radius 3 is 2.79 bits per heavy atom. The molecule has 1 N–H and O–H groups in total. The highest BCUT2D eigenvalue weighted by molar-refractivity contribution is 5.18. The van der Waals surface area contributed by atoms with Gasteiger partial charge < -0.3 is 9.84 Å². The topological polar surface area (TPSA) is 73.1 Å². The van der Waals surface area contributed by atoms with Crippen molar-refractivity contribution in [1.29, 1.82) is 0 Å². The number of nitrogens with zero attached hydrogens (tertiary/aromatic N) is 4. The van der Waals surface area contributed by atoms with Crippen molar-refractivity contribution in [3.63, 3.8) is 0 Å². The number of hydrogen-bond donors (Lipinski definition) is 1. The van der Waals surface area contributed by atoms with Gasteiger partial charge in [-0.2, -0.15) is 5.10 Å². The van der Waals surface area contributed by atoms with Crippen LogP contribution in [0.4, 0.5) is 0 Å². The van der Waals surface area contributed by atoms with Gasteiger partial charge in [-0.1, -0.05) is 6.07 Å². The van der Waals surface area contributed by atoms with Gasteiger partial charge in [-0.05, 0) is 12.5 Å².